The van der Waals surface area contributed by atoms with E-state index in [4.69, 9.17) is 0 Å². The van der Waals surface area contributed by atoms with E-state index in [1.165, 1.54) is 116 Å². The largest absolute Gasteiger partial charge is 0.309 e. The maximum atomic E-state index is 2.51. The lowest BCUT2D eigenvalue weighted by Gasteiger charge is -2.15. The first-order valence-corrected chi connectivity index (χ1v) is 21.4. The van der Waals surface area contributed by atoms with Crippen LogP contribution in [0.25, 0.3) is 122 Å². The van der Waals surface area contributed by atoms with Gasteiger partial charge in [0.15, 0.2) is 0 Å². The summed E-state index contributed by atoms with van der Waals surface area (Å²) in [7, 11) is 0. The lowest BCUT2D eigenvalue weighted by Crippen LogP contribution is -1.96. The van der Waals surface area contributed by atoms with Crippen molar-refractivity contribution >= 4 is 43.6 Å². The van der Waals surface area contributed by atoms with Crippen molar-refractivity contribution in [3.63, 3.8) is 0 Å². The van der Waals surface area contributed by atoms with Gasteiger partial charge in [-0.15, -0.1) is 0 Å². The van der Waals surface area contributed by atoms with Gasteiger partial charge in [-0.2, -0.15) is 0 Å². The molecule has 10 aromatic carbocycles. The number of rotatable bonds is 5. The van der Waals surface area contributed by atoms with E-state index in [1.54, 1.807) is 0 Å². The second kappa shape index (κ2) is 13.7. The lowest BCUT2D eigenvalue weighted by molar-refractivity contribution is 1.18. The van der Waals surface area contributed by atoms with Crippen LogP contribution in [-0.2, 0) is 0 Å². The second-order valence-corrected chi connectivity index (χ2v) is 16.5. The van der Waals surface area contributed by atoms with E-state index in [0.717, 1.165) is 5.69 Å². The van der Waals surface area contributed by atoms with Gasteiger partial charge in [0.25, 0.3) is 0 Å². The van der Waals surface area contributed by atoms with E-state index in [1.807, 2.05) is 0 Å². The molecule has 0 saturated carbocycles. The van der Waals surface area contributed by atoms with Crippen molar-refractivity contribution in [2.24, 2.45) is 0 Å². The van der Waals surface area contributed by atoms with Crippen LogP contribution in [0.5, 0.6) is 0 Å². The molecule has 2 nitrogen and oxygen atoms in total. The first-order chi connectivity index (χ1) is 30.7. The number of nitrogens with zero attached hydrogens (tertiary/aromatic N) is 2. The molecule has 12 aromatic rings. The molecule has 2 heteroatoms. The highest BCUT2D eigenvalue weighted by Gasteiger charge is 2.25. The van der Waals surface area contributed by atoms with Gasteiger partial charge in [-0.1, -0.05) is 170 Å². The average Bonchev–Trinajstić information content (AvgIpc) is 3.82. The Balaban J connectivity index is 0.999. The average molecular weight is 787 g/mol. The molecule has 1 aliphatic heterocycles. The van der Waals surface area contributed by atoms with Gasteiger partial charge in [-0.3, -0.25) is 0 Å². The number of aromatic nitrogens is 2. The van der Waals surface area contributed by atoms with Crippen molar-refractivity contribution in [3.05, 3.63) is 231 Å². The van der Waals surface area contributed by atoms with Crippen LogP contribution in [0.3, 0.4) is 0 Å². The summed E-state index contributed by atoms with van der Waals surface area (Å²) in [5.74, 6) is 0. The molecule has 0 radical (unpaired) electrons. The Bertz CT molecular complexity index is 3660. The number of fused-ring (bicyclic) bond motifs is 11. The molecule has 0 fully saturated rings. The molecule has 1 aliphatic rings. The highest BCUT2D eigenvalue weighted by Crippen LogP contribution is 2.48. The minimum atomic E-state index is 1.15. The predicted molar refractivity (Wildman–Crippen MR) is 261 cm³/mol. The lowest BCUT2D eigenvalue weighted by atomic mass is 9.91. The third-order valence-electron chi connectivity index (χ3n) is 13.0. The third kappa shape index (κ3) is 5.30. The van der Waals surface area contributed by atoms with Gasteiger partial charge in [0.05, 0.1) is 27.8 Å². The Labute approximate surface area is 359 Å². The zero-order valence-electron chi connectivity index (χ0n) is 33.8. The molecule has 288 valence electrons. The van der Waals surface area contributed by atoms with Crippen molar-refractivity contribution in [1.82, 2.24) is 9.13 Å². The third-order valence-corrected chi connectivity index (χ3v) is 13.0. The van der Waals surface area contributed by atoms with Crippen LogP contribution in [-0.4, -0.2) is 9.13 Å². The van der Waals surface area contributed by atoms with Crippen molar-refractivity contribution in [1.29, 1.82) is 0 Å². The summed E-state index contributed by atoms with van der Waals surface area (Å²) in [6, 6.07) is 84.8. The molecule has 0 atom stereocenters. The van der Waals surface area contributed by atoms with E-state index >= 15 is 0 Å². The Kier molecular flexibility index (Phi) is 7.64. The Hall–Kier alpha value is -8.20. The first-order valence-electron chi connectivity index (χ1n) is 21.4. The van der Waals surface area contributed by atoms with Crippen LogP contribution >= 0.6 is 0 Å². The molecule has 2 aromatic heterocycles. The molecule has 13 rings (SSSR count). The predicted octanol–water partition coefficient (Wildman–Crippen LogP) is 16.2. The molecule has 0 spiro atoms. The van der Waals surface area contributed by atoms with Gasteiger partial charge in [-0.05, 0) is 116 Å². The number of benzene rings is 10. The van der Waals surface area contributed by atoms with Crippen molar-refractivity contribution in [2.45, 2.75) is 0 Å². The SMILES string of the molecule is c1ccc(-c2cc(-c3ccccc3)cc(-n3c4ccccc4c4cc(-c5ccc6c(c5)c5cccc7c5n6-c5ccc(-c6ccccc6)cc5-c5ccccc5-7)ccc43)c2)cc1. The molecule has 3 heterocycles. The smallest absolute Gasteiger partial charge is 0.0619 e. The minimum Gasteiger partial charge on any atom is -0.309 e. The maximum absolute atomic E-state index is 2.51. The summed E-state index contributed by atoms with van der Waals surface area (Å²) in [5.41, 5.74) is 21.9. The summed E-state index contributed by atoms with van der Waals surface area (Å²) in [4.78, 5) is 0. The standard InChI is InChI=1S/C60H38N2/c1-4-15-39(16-5-1)42-27-31-58-53(36-42)49-22-11-10-21-48(49)51-24-14-25-52-55-38-44(29-32-59(55)62(58)60(51)52)43-28-30-57-54(37-43)50-23-12-13-26-56(50)61(57)47-34-45(40-17-6-2-7-18-40)33-46(35-47)41-19-8-3-9-20-41/h1-38H. The Morgan fingerprint density at radius 3 is 1.35 bits per heavy atom. The number of hydrogen-bond acceptors (Lipinski definition) is 0. The molecule has 0 N–H and O–H groups in total. The molecule has 0 aliphatic carbocycles. The molecule has 0 unspecified atom stereocenters. The second-order valence-electron chi connectivity index (χ2n) is 16.5. The van der Waals surface area contributed by atoms with Gasteiger partial charge < -0.3 is 9.13 Å². The summed E-state index contributed by atoms with van der Waals surface area (Å²) in [5, 5.41) is 5.00. The minimum absolute atomic E-state index is 1.15. The molecule has 0 saturated heterocycles. The monoisotopic (exact) mass is 786 g/mol. The van der Waals surface area contributed by atoms with Gasteiger partial charge >= 0.3 is 0 Å². The normalized spacial score (nSPS) is 11.9. The van der Waals surface area contributed by atoms with Crippen LogP contribution in [0, 0.1) is 0 Å². The van der Waals surface area contributed by atoms with Gasteiger partial charge in [0, 0.05) is 38.4 Å². The summed E-state index contributed by atoms with van der Waals surface area (Å²) >= 11 is 0. The van der Waals surface area contributed by atoms with Crippen LogP contribution in [0.4, 0.5) is 0 Å². The summed E-state index contributed by atoms with van der Waals surface area (Å²) in [6.07, 6.45) is 0. The van der Waals surface area contributed by atoms with Gasteiger partial charge in [0.1, 0.15) is 0 Å². The van der Waals surface area contributed by atoms with Crippen molar-refractivity contribution in [3.8, 4) is 78.1 Å². The van der Waals surface area contributed by atoms with E-state index in [2.05, 4.69) is 240 Å². The fourth-order valence-corrected chi connectivity index (χ4v) is 10.2. The molecular formula is C60H38N2. The molecule has 0 amide bonds. The number of para-hydroxylation sites is 2. The van der Waals surface area contributed by atoms with Crippen LogP contribution in [0.15, 0.2) is 231 Å². The Morgan fingerprint density at radius 2 is 0.694 bits per heavy atom. The topological polar surface area (TPSA) is 9.86 Å². The summed E-state index contributed by atoms with van der Waals surface area (Å²) in [6.45, 7) is 0. The van der Waals surface area contributed by atoms with Gasteiger partial charge in [-0.25, -0.2) is 0 Å². The van der Waals surface area contributed by atoms with Crippen LogP contribution in [0.1, 0.15) is 0 Å². The molecular weight excluding hydrogens is 749 g/mol. The molecule has 62 heavy (non-hydrogen) atoms. The van der Waals surface area contributed by atoms with E-state index < -0.39 is 0 Å². The van der Waals surface area contributed by atoms with Crippen molar-refractivity contribution < 1.29 is 0 Å². The van der Waals surface area contributed by atoms with E-state index in [9.17, 15) is 0 Å². The Morgan fingerprint density at radius 1 is 0.226 bits per heavy atom. The van der Waals surface area contributed by atoms with Crippen molar-refractivity contribution in [2.75, 3.05) is 0 Å². The van der Waals surface area contributed by atoms with Gasteiger partial charge in [0.2, 0.25) is 0 Å². The first kappa shape index (κ1) is 34.6. The highest BCUT2D eigenvalue weighted by atomic mass is 15.0. The zero-order chi connectivity index (χ0) is 40.7. The van der Waals surface area contributed by atoms with E-state index in [0.29, 0.717) is 0 Å². The van der Waals surface area contributed by atoms with Crippen LogP contribution < -0.4 is 0 Å². The van der Waals surface area contributed by atoms with E-state index in [-0.39, 0.29) is 0 Å². The van der Waals surface area contributed by atoms with Crippen LogP contribution in [0.2, 0.25) is 0 Å². The fourth-order valence-electron chi connectivity index (χ4n) is 10.2. The summed E-state index contributed by atoms with van der Waals surface area (Å²) < 4.78 is 4.96. The molecule has 0 bridgehead atoms. The maximum Gasteiger partial charge on any atom is 0.0619 e. The quantitative estimate of drug-likeness (QED) is 0.164. The number of hydrogen-bond donors (Lipinski definition) is 0. The zero-order valence-corrected chi connectivity index (χ0v) is 33.8. The fraction of sp³-hybridized carbons (Fsp3) is 0. The highest BCUT2D eigenvalue weighted by molar-refractivity contribution is 6.17.